The number of rotatable bonds is 8. The van der Waals surface area contributed by atoms with Crippen LogP contribution in [0.25, 0.3) is 0 Å². The molecule has 0 aliphatic heterocycles. The minimum absolute atomic E-state index is 0.0943. The third-order valence-corrected chi connectivity index (χ3v) is 1.81. The molecular weight excluding hydrogens is 211 g/mol. The van der Waals surface area contributed by atoms with Gasteiger partial charge in [0.1, 0.15) is 0 Å². The van der Waals surface area contributed by atoms with E-state index in [1.54, 1.807) is 7.11 Å². The van der Waals surface area contributed by atoms with E-state index in [1.165, 1.54) is 0 Å². The largest absolute Gasteiger partial charge is 0.522 e. The first-order valence-corrected chi connectivity index (χ1v) is 4.92. The van der Waals surface area contributed by atoms with Crippen molar-refractivity contribution in [1.82, 2.24) is 5.32 Å². The highest BCUT2D eigenvalue weighted by molar-refractivity contribution is 4.64. The maximum atomic E-state index is 11.6. The summed E-state index contributed by atoms with van der Waals surface area (Å²) in [6.45, 7) is 2.32. The number of nitrogens with one attached hydrogen (secondary N) is 1. The molecule has 0 aromatic rings. The lowest BCUT2D eigenvalue weighted by Gasteiger charge is -2.17. The van der Waals surface area contributed by atoms with Crippen LogP contribution in [0.15, 0.2) is 0 Å². The molecule has 0 aromatic carbocycles. The Morgan fingerprint density at radius 2 is 2.00 bits per heavy atom. The number of ether oxygens (including phenoxy) is 2. The predicted octanol–water partition coefficient (Wildman–Crippen LogP) is 1.93. The molecule has 0 aromatic heterocycles. The van der Waals surface area contributed by atoms with Gasteiger partial charge in [-0.2, -0.15) is 0 Å². The molecule has 0 saturated heterocycles. The van der Waals surface area contributed by atoms with E-state index in [-0.39, 0.29) is 19.2 Å². The van der Waals surface area contributed by atoms with Crippen molar-refractivity contribution < 1.29 is 22.6 Å². The Kier molecular flexibility index (Phi) is 7.72. The Morgan fingerprint density at radius 3 is 2.47 bits per heavy atom. The number of methoxy groups -OCH3 is 1. The fraction of sp³-hybridized carbons (Fsp3) is 1.00. The highest BCUT2D eigenvalue weighted by Gasteiger charge is 2.28. The molecule has 0 rings (SSSR count). The molecule has 1 N–H and O–H groups in total. The predicted molar refractivity (Wildman–Crippen MR) is 50.6 cm³/mol. The van der Waals surface area contributed by atoms with Gasteiger partial charge in [0.25, 0.3) is 0 Å². The van der Waals surface area contributed by atoms with Crippen molar-refractivity contribution >= 4 is 0 Å². The van der Waals surface area contributed by atoms with E-state index in [9.17, 15) is 13.2 Å². The second-order valence-electron chi connectivity index (χ2n) is 3.19. The van der Waals surface area contributed by atoms with Gasteiger partial charge < -0.3 is 10.1 Å². The molecule has 0 aliphatic rings. The molecule has 6 heteroatoms. The second-order valence-corrected chi connectivity index (χ2v) is 3.19. The summed E-state index contributed by atoms with van der Waals surface area (Å²) in [4.78, 5) is 0. The zero-order chi connectivity index (χ0) is 11.7. The zero-order valence-electron chi connectivity index (χ0n) is 9.06. The van der Waals surface area contributed by atoms with Crippen LogP contribution in [-0.4, -0.2) is 39.3 Å². The van der Waals surface area contributed by atoms with E-state index >= 15 is 0 Å². The highest BCUT2D eigenvalue weighted by atomic mass is 19.4. The molecule has 0 amide bonds. The average Bonchev–Trinajstić information content (AvgIpc) is 2.11. The van der Waals surface area contributed by atoms with Crippen molar-refractivity contribution in [2.24, 2.45) is 0 Å². The first-order chi connectivity index (χ1) is 6.99. The van der Waals surface area contributed by atoms with Crippen molar-refractivity contribution in [3.63, 3.8) is 0 Å². The Labute approximate surface area is 87.9 Å². The number of hydrogen-bond acceptors (Lipinski definition) is 3. The standard InChI is InChI=1S/C9H18F3NO2/c1-3-4-8(7-14-2)13-5-6-15-9(10,11)12/h8,13H,3-7H2,1-2H3. The first-order valence-electron chi connectivity index (χ1n) is 4.92. The van der Waals surface area contributed by atoms with Crippen LogP contribution >= 0.6 is 0 Å². The molecule has 1 atom stereocenters. The Bertz CT molecular complexity index is 147. The summed E-state index contributed by atoms with van der Waals surface area (Å²) < 4.78 is 43.4. The van der Waals surface area contributed by atoms with Crippen molar-refractivity contribution in [3.8, 4) is 0 Å². The molecule has 0 fully saturated rings. The van der Waals surface area contributed by atoms with Gasteiger partial charge in [-0.3, -0.25) is 4.74 Å². The summed E-state index contributed by atoms with van der Waals surface area (Å²) >= 11 is 0. The smallest absolute Gasteiger partial charge is 0.383 e. The zero-order valence-corrected chi connectivity index (χ0v) is 9.06. The topological polar surface area (TPSA) is 30.5 Å². The van der Waals surface area contributed by atoms with Crippen LogP contribution < -0.4 is 5.32 Å². The van der Waals surface area contributed by atoms with Crippen LogP contribution in [0.3, 0.4) is 0 Å². The van der Waals surface area contributed by atoms with Gasteiger partial charge >= 0.3 is 6.36 Å². The van der Waals surface area contributed by atoms with Gasteiger partial charge in [0.2, 0.25) is 0 Å². The number of halogens is 3. The van der Waals surface area contributed by atoms with E-state index in [0.29, 0.717) is 6.61 Å². The van der Waals surface area contributed by atoms with Gasteiger partial charge in [0.15, 0.2) is 0 Å². The van der Waals surface area contributed by atoms with Crippen LogP contribution in [0.4, 0.5) is 13.2 Å². The monoisotopic (exact) mass is 229 g/mol. The molecular formula is C9H18F3NO2. The molecule has 0 saturated carbocycles. The van der Waals surface area contributed by atoms with E-state index in [1.807, 2.05) is 6.92 Å². The number of alkyl halides is 3. The summed E-state index contributed by atoms with van der Waals surface area (Å²) in [5.74, 6) is 0. The SMILES string of the molecule is CCCC(COC)NCCOC(F)(F)F. The Hall–Kier alpha value is -0.330. The van der Waals surface area contributed by atoms with Gasteiger partial charge in [-0.1, -0.05) is 13.3 Å². The summed E-state index contributed by atoms with van der Waals surface area (Å²) in [5.41, 5.74) is 0. The molecule has 0 bridgehead atoms. The average molecular weight is 229 g/mol. The van der Waals surface area contributed by atoms with Gasteiger partial charge in [-0.25, -0.2) is 0 Å². The minimum Gasteiger partial charge on any atom is -0.383 e. The fourth-order valence-corrected chi connectivity index (χ4v) is 1.22. The van der Waals surface area contributed by atoms with Crippen molar-refractivity contribution in [2.75, 3.05) is 26.9 Å². The quantitative estimate of drug-likeness (QED) is 0.645. The van der Waals surface area contributed by atoms with E-state index in [0.717, 1.165) is 12.8 Å². The van der Waals surface area contributed by atoms with E-state index < -0.39 is 6.36 Å². The molecule has 0 spiro atoms. The molecule has 92 valence electrons. The van der Waals surface area contributed by atoms with Crippen LogP contribution in [0.5, 0.6) is 0 Å². The molecule has 3 nitrogen and oxygen atoms in total. The molecule has 0 radical (unpaired) electrons. The summed E-state index contributed by atoms with van der Waals surface area (Å²) in [7, 11) is 1.57. The van der Waals surface area contributed by atoms with Gasteiger partial charge in [0, 0.05) is 19.7 Å². The van der Waals surface area contributed by atoms with Crippen molar-refractivity contribution in [3.05, 3.63) is 0 Å². The lowest BCUT2D eigenvalue weighted by molar-refractivity contribution is -0.323. The minimum atomic E-state index is -4.54. The van der Waals surface area contributed by atoms with Crippen LogP contribution in [-0.2, 0) is 9.47 Å². The lowest BCUT2D eigenvalue weighted by Crippen LogP contribution is -2.36. The normalized spacial score (nSPS) is 14.2. The summed E-state index contributed by atoms with van der Waals surface area (Å²) in [6, 6.07) is 0.0943. The fourth-order valence-electron chi connectivity index (χ4n) is 1.22. The third-order valence-electron chi connectivity index (χ3n) is 1.81. The van der Waals surface area contributed by atoms with Crippen molar-refractivity contribution in [2.45, 2.75) is 32.2 Å². The van der Waals surface area contributed by atoms with E-state index in [4.69, 9.17) is 4.74 Å². The molecule has 15 heavy (non-hydrogen) atoms. The third kappa shape index (κ3) is 9.96. The highest BCUT2D eigenvalue weighted by Crippen LogP contribution is 2.15. The first kappa shape index (κ1) is 14.7. The van der Waals surface area contributed by atoms with E-state index in [2.05, 4.69) is 10.1 Å². The number of hydrogen-bond donors (Lipinski definition) is 1. The molecule has 1 unspecified atom stereocenters. The Morgan fingerprint density at radius 1 is 1.33 bits per heavy atom. The summed E-state index contributed by atoms with van der Waals surface area (Å²) in [6.07, 6.45) is -2.70. The maximum Gasteiger partial charge on any atom is 0.522 e. The Balaban J connectivity index is 3.52. The van der Waals surface area contributed by atoms with Crippen LogP contribution in [0.2, 0.25) is 0 Å². The van der Waals surface area contributed by atoms with Crippen LogP contribution in [0.1, 0.15) is 19.8 Å². The van der Waals surface area contributed by atoms with Gasteiger partial charge in [-0.15, -0.1) is 13.2 Å². The van der Waals surface area contributed by atoms with Gasteiger partial charge in [0.05, 0.1) is 13.2 Å². The molecule has 0 heterocycles. The van der Waals surface area contributed by atoms with Gasteiger partial charge in [-0.05, 0) is 6.42 Å². The second kappa shape index (κ2) is 7.90. The van der Waals surface area contributed by atoms with Crippen molar-refractivity contribution in [1.29, 1.82) is 0 Å². The summed E-state index contributed by atoms with van der Waals surface area (Å²) in [5, 5.41) is 2.94. The lowest BCUT2D eigenvalue weighted by atomic mass is 10.2. The maximum absolute atomic E-state index is 11.6. The molecule has 0 aliphatic carbocycles. The van der Waals surface area contributed by atoms with Crippen LogP contribution in [0, 0.1) is 0 Å².